The average molecular weight is 465 g/mol. The SMILES string of the molecule is CCCCNC(=O)[C@H](C)N(Cc1c(Cl)cccc1Cl)C(=O)COc1ccc(C)c(C)c1. The highest BCUT2D eigenvalue weighted by Crippen LogP contribution is 2.26. The van der Waals surface area contributed by atoms with Gasteiger partial charge in [-0.3, -0.25) is 9.59 Å². The van der Waals surface area contributed by atoms with E-state index in [9.17, 15) is 9.59 Å². The van der Waals surface area contributed by atoms with Crippen molar-refractivity contribution in [1.82, 2.24) is 10.2 Å². The molecule has 0 heterocycles. The summed E-state index contributed by atoms with van der Waals surface area (Å²) in [7, 11) is 0. The summed E-state index contributed by atoms with van der Waals surface area (Å²) in [4.78, 5) is 27.2. The third-order valence-corrected chi connectivity index (χ3v) is 5.94. The lowest BCUT2D eigenvalue weighted by atomic mass is 10.1. The van der Waals surface area contributed by atoms with E-state index >= 15 is 0 Å². The lowest BCUT2D eigenvalue weighted by molar-refractivity contribution is -0.142. The molecule has 2 rings (SSSR count). The molecule has 1 N–H and O–H groups in total. The van der Waals surface area contributed by atoms with Gasteiger partial charge < -0.3 is 15.0 Å². The van der Waals surface area contributed by atoms with Crippen LogP contribution in [0.5, 0.6) is 5.75 Å². The Hall–Kier alpha value is -2.24. The summed E-state index contributed by atoms with van der Waals surface area (Å²) in [6.45, 7) is 8.21. The monoisotopic (exact) mass is 464 g/mol. The topological polar surface area (TPSA) is 58.6 Å². The summed E-state index contributed by atoms with van der Waals surface area (Å²) in [5.74, 6) is 0.0516. The highest BCUT2D eigenvalue weighted by atomic mass is 35.5. The first kappa shape index (κ1) is 25.0. The number of carbonyl (C=O) groups is 2. The molecule has 2 amide bonds. The number of benzene rings is 2. The van der Waals surface area contributed by atoms with E-state index < -0.39 is 6.04 Å². The van der Waals surface area contributed by atoms with Crippen LogP contribution in [0.15, 0.2) is 36.4 Å². The standard InChI is InChI=1S/C24H30Cl2N2O3/c1-5-6-12-27-24(30)18(4)28(14-20-21(25)8-7-9-22(20)26)23(29)15-31-19-11-10-16(2)17(3)13-19/h7-11,13,18H,5-6,12,14-15H2,1-4H3,(H,27,30)/t18-/m0/s1. The molecule has 0 spiro atoms. The van der Waals surface area contributed by atoms with E-state index in [2.05, 4.69) is 12.2 Å². The van der Waals surface area contributed by atoms with E-state index in [1.807, 2.05) is 32.0 Å². The number of halogens is 2. The van der Waals surface area contributed by atoms with Crippen LogP contribution in [-0.2, 0) is 16.1 Å². The number of aryl methyl sites for hydroxylation is 2. The van der Waals surface area contributed by atoms with Gasteiger partial charge in [0.25, 0.3) is 5.91 Å². The van der Waals surface area contributed by atoms with Gasteiger partial charge in [0.15, 0.2) is 6.61 Å². The molecule has 1 atom stereocenters. The van der Waals surface area contributed by atoms with Crippen LogP contribution in [0.4, 0.5) is 0 Å². The highest BCUT2D eigenvalue weighted by molar-refractivity contribution is 6.36. The maximum Gasteiger partial charge on any atom is 0.261 e. The average Bonchev–Trinajstić information content (AvgIpc) is 2.74. The highest BCUT2D eigenvalue weighted by Gasteiger charge is 2.27. The zero-order valence-corrected chi connectivity index (χ0v) is 20.0. The predicted molar refractivity (Wildman–Crippen MR) is 126 cm³/mol. The molecule has 0 fully saturated rings. The molecule has 31 heavy (non-hydrogen) atoms. The summed E-state index contributed by atoms with van der Waals surface area (Å²) in [5.41, 5.74) is 2.82. The van der Waals surface area contributed by atoms with Crippen LogP contribution in [0.1, 0.15) is 43.4 Å². The number of hydrogen-bond acceptors (Lipinski definition) is 3. The number of unbranched alkanes of at least 4 members (excludes halogenated alkanes) is 1. The minimum atomic E-state index is -0.708. The number of nitrogens with zero attached hydrogens (tertiary/aromatic N) is 1. The molecular formula is C24H30Cl2N2O3. The Balaban J connectivity index is 2.19. The minimum Gasteiger partial charge on any atom is -0.484 e. The number of amides is 2. The Morgan fingerprint density at radius 1 is 1.10 bits per heavy atom. The molecule has 2 aromatic carbocycles. The van der Waals surface area contributed by atoms with Crippen molar-refractivity contribution in [1.29, 1.82) is 0 Å². The molecule has 0 bridgehead atoms. The third kappa shape index (κ3) is 7.15. The second-order valence-corrected chi connectivity index (χ2v) is 8.39. The van der Waals surface area contributed by atoms with Crippen molar-refractivity contribution < 1.29 is 14.3 Å². The molecule has 2 aromatic rings. The molecule has 0 saturated carbocycles. The third-order valence-electron chi connectivity index (χ3n) is 5.23. The van der Waals surface area contributed by atoms with Crippen molar-refractivity contribution in [2.24, 2.45) is 0 Å². The zero-order valence-electron chi connectivity index (χ0n) is 18.5. The summed E-state index contributed by atoms with van der Waals surface area (Å²) in [6.07, 6.45) is 1.84. The van der Waals surface area contributed by atoms with E-state index in [-0.39, 0.29) is 25.0 Å². The second kappa shape index (κ2) is 12.0. The van der Waals surface area contributed by atoms with Crippen LogP contribution in [0.2, 0.25) is 10.0 Å². The maximum absolute atomic E-state index is 13.1. The normalized spacial score (nSPS) is 11.7. The van der Waals surface area contributed by atoms with Crippen LogP contribution >= 0.6 is 23.2 Å². The van der Waals surface area contributed by atoms with E-state index in [1.165, 1.54) is 4.90 Å². The molecule has 0 saturated heterocycles. The Kier molecular flexibility index (Phi) is 9.66. The van der Waals surface area contributed by atoms with Gasteiger partial charge in [-0.15, -0.1) is 0 Å². The van der Waals surface area contributed by atoms with E-state index in [0.717, 1.165) is 24.0 Å². The number of nitrogens with one attached hydrogen (secondary N) is 1. The van der Waals surface area contributed by atoms with Crippen molar-refractivity contribution in [2.75, 3.05) is 13.2 Å². The number of rotatable bonds is 10. The zero-order chi connectivity index (χ0) is 23.0. The van der Waals surface area contributed by atoms with Crippen LogP contribution in [0, 0.1) is 13.8 Å². The van der Waals surface area contributed by atoms with Crippen molar-refractivity contribution >= 4 is 35.0 Å². The first-order valence-corrected chi connectivity index (χ1v) is 11.2. The first-order chi connectivity index (χ1) is 14.7. The Morgan fingerprint density at radius 3 is 2.39 bits per heavy atom. The lowest BCUT2D eigenvalue weighted by Gasteiger charge is -2.29. The van der Waals surface area contributed by atoms with Crippen LogP contribution in [-0.4, -0.2) is 35.9 Å². The molecule has 0 aromatic heterocycles. The summed E-state index contributed by atoms with van der Waals surface area (Å²) < 4.78 is 5.72. The van der Waals surface area contributed by atoms with Gasteiger partial charge in [-0.25, -0.2) is 0 Å². The quantitative estimate of drug-likeness (QED) is 0.483. The largest absolute Gasteiger partial charge is 0.484 e. The summed E-state index contributed by atoms with van der Waals surface area (Å²) in [5, 5.41) is 3.77. The molecule has 7 heteroatoms. The lowest BCUT2D eigenvalue weighted by Crippen LogP contribution is -2.49. The minimum absolute atomic E-state index is 0.107. The van der Waals surface area contributed by atoms with Crippen LogP contribution < -0.4 is 10.1 Å². The second-order valence-electron chi connectivity index (χ2n) is 7.58. The van der Waals surface area contributed by atoms with Gasteiger partial charge in [0.1, 0.15) is 11.8 Å². The van der Waals surface area contributed by atoms with Gasteiger partial charge in [-0.1, -0.05) is 48.7 Å². The Bertz CT molecular complexity index is 897. The first-order valence-electron chi connectivity index (χ1n) is 10.4. The van der Waals surface area contributed by atoms with Crippen molar-refractivity contribution in [3.8, 4) is 5.75 Å². The molecule has 0 radical (unpaired) electrons. The maximum atomic E-state index is 13.1. The van der Waals surface area contributed by atoms with Gasteiger partial charge in [0.2, 0.25) is 5.91 Å². The molecule has 0 aliphatic rings. The fourth-order valence-corrected chi connectivity index (χ4v) is 3.52. The van der Waals surface area contributed by atoms with E-state index in [1.54, 1.807) is 25.1 Å². The Labute approximate surface area is 194 Å². The van der Waals surface area contributed by atoms with Gasteiger partial charge in [0.05, 0.1) is 0 Å². The molecule has 0 unspecified atom stereocenters. The van der Waals surface area contributed by atoms with Gasteiger partial charge in [0, 0.05) is 28.7 Å². The van der Waals surface area contributed by atoms with E-state index in [4.69, 9.17) is 27.9 Å². The molecule has 0 aliphatic carbocycles. The van der Waals surface area contributed by atoms with Gasteiger partial charge >= 0.3 is 0 Å². The molecular weight excluding hydrogens is 435 g/mol. The smallest absolute Gasteiger partial charge is 0.261 e. The fraction of sp³-hybridized carbons (Fsp3) is 0.417. The molecule has 0 aliphatic heterocycles. The molecule has 168 valence electrons. The van der Waals surface area contributed by atoms with Gasteiger partial charge in [-0.2, -0.15) is 0 Å². The van der Waals surface area contributed by atoms with Crippen LogP contribution in [0.25, 0.3) is 0 Å². The predicted octanol–water partition coefficient (Wildman–Crippen LogP) is 5.32. The summed E-state index contributed by atoms with van der Waals surface area (Å²) >= 11 is 12.6. The van der Waals surface area contributed by atoms with Gasteiger partial charge in [-0.05, 0) is 62.6 Å². The molecule has 5 nitrogen and oxygen atoms in total. The Morgan fingerprint density at radius 2 is 1.77 bits per heavy atom. The van der Waals surface area contributed by atoms with E-state index in [0.29, 0.717) is 27.9 Å². The number of ether oxygens (including phenoxy) is 1. The number of hydrogen-bond donors (Lipinski definition) is 1. The van der Waals surface area contributed by atoms with Crippen molar-refractivity contribution in [3.05, 3.63) is 63.1 Å². The fourth-order valence-electron chi connectivity index (χ4n) is 3.00. The van der Waals surface area contributed by atoms with Crippen molar-refractivity contribution in [2.45, 2.75) is 53.1 Å². The van der Waals surface area contributed by atoms with Crippen LogP contribution in [0.3, 0.4) is 0 Å². The number of carbonyl (C=O) groups excluding carboxylic acids is 2. The van der Waals surface area contributed by atoms with Crippen molar-refractivity contribution in [3.63, 3.8) is 0 Å². The summed E-state index contributed by atoms with van der Waals surface area (Å²) in [6, 6.07) is 10.1.